The first-order chi connectivity index (χ1) is 7.10. The van der Waals surface area contributed by atoms with Crippen LogP contribution in [0.5, 0.6) is 5.75 Å². The molecule has 2 nitrogen and oxygen atoms in total. The molecule has 2 atom stereocenters. The highest BCUT2D eigenvalue weighted by molar-refractivity contribution is 5.85. The monoisotopic (exact) mass is 247 g/mol. The number of rotatable bonds is 4. The lowest BCUT2D eigenvalue weighted by Crippen LogP contribution is -2.19. The van der Waals surface area contributed by atoms with Crippen LogP contribution in [0.2, 0.25) is 0 Å². The summed E-state index contributed by atoms with van der Waals surface area (Å²) < 4.78 is 18.3. The summed E-state index contributed by atoms with van der Waals surface area (Å²) in [5.41, 5.74) is 6.79. The third-order valence-electron chi connectivity index (χ3n) is 2.81. The van der Waals surface area contributed by atoms with Gasteiger partial charge in [0.2, 0.25) is 0 Å². The predicted octanol–water partition coefficient (Wildman–Crippen LogP) is 3.30. The molecule has 0 aromatic heterocycles. The standard InChI is InChI=1S/C12H18FNO.ClH/c1-4-8(2)12(14)10-7-9(13)5-6-11(10)15-3;/h5-8,12H,4,14H2,1-3H3;1H/t8?,12-;/m0./s1. The van der Waals surface area contributed by atoms with Crippen LogP contribution < -0.4 is 10.5 Å². The average Bonchev–Trinajstić information content (AvgIpc) is 2.27. The van der Waals surface area contributed by atoms with Gasteiger partial charge in [-0.1, -0.05) is 20.3 Å². The molecule has 1 rings (SSSR count). The molecular formula is C12H19ClFNO. The zero-order valence-corrected chi connectivity index (χ0v) is 10.7. The molecule has 0 spiro atoms. The Kier molecular flexibility index (Phi) is 6.38. The number of benzene rings is 1. The molecule has 0 bridgehead atoms. The Morgan fingerprint density at radius 1 is 1.44 bits per heavy atom. The summed E-state index contributed by atoms with van der Waals surface area (Å²) in [6.07, 6.45) is 0.959. The summed E-state index contributed by atoms with van der Waals surface area (Å²) in [5, 5.41) is 0. The molecule has 0 amide bonds. The van der Waals surface area contributed by atoms with Gasteiger partial charge in [0.15, 0.2) is 0 Å². The zero-order valence-electron chi connectivity index (χ0n) is 9.87. The van der Waals surface area contributed by atoms with E-state index in [1.54, 1.807) is 13.2 Å². The number of methoxy groups -OCH3 is 1. The van der Waals surface area contributed by atoms with E-state index in [0.29, 0.717) is 11.7 Å². The van der Waals surface area contributed by atoms with Crippen molar-refractivity contribution in [3.05, 3.63) is 29.6 Å². The summed E-state index contributed by atoms with van der Waals surface area (Å²) in [6.45, 7) is 4.12. The molecule has 0 saturated carbocycles. The molecule has 0 heterocycles. The van der Waals surface area contributed by atoms with Gasteiger partial charge in [-0.05, 0) is 24.1 Å². The Morgan fingerprint density at radius 3 is 2.56 bits per heavy atom. The van der Waals surface area contributed by atoms with Gasteiger partial charge in [-0.3, -0.25) is 0 Å². The topological polar surface area (TPSA) is 35.2 Å². The molecule has 4 heteroatoms. The number of hydrogen-bond donors (Lipinski definition) is 1. The smallest absolute Gasteiger partial charge is 0.123 e. The van der Waals surface area contributed by atoms with E-state index in [2.05, 4.69) is 13.8 Å². The van der Waals surface area contributed by atoms with Crippen LogP contribution in [0.15, 0.2) is 18.2 Å². The number of hydrogen-bond acceptors (Lipinski definition) is 2. The molecule has 1 unspecified atom stereocenters. The summed E-state index contributed by atoms with van der Waals surface area (Å²) in [7, 11) is 1.57. The molecule has 16 heavy (non-hydrogen) atoms. The molecule has 1 aromatic rings. The molecular weight excluding hydrogens is 229 g/mol. The highest BCUT2D eigenvalue weighted by Gasteiger charge is 2.17. The van der Waals surface area contributed by atoms with E-state index < -0.39 is 0 Å². The molecule has 2 N–H and O–H groups in total. The molecule has 0 saturated heterocycles. The van der Waals surface area contributed by atoms with Crippen LogP contribution in [-0.2, 0) is 0 Å². The van der Waals surface area contributed by atoms with E-state index in [4.69, 9.17) is 10.5 Å². The van der Waals surface area contributed by atoms with Gasteiger partial charge in [0, 0.05) is 11.6 Å². The van der Waals surface area contributed by atoms with Gasteiger partial charge in [-0.25, -0.2) is 4.39 Å². The maximum atomic E-state index is 13.1. The van der Waals surface area contributed by atoms with E-state index in [1.165, 1.54) is 12.1 Å². The van der Waals surface area contributed by atoms with Crippen molar-refractivity contribution >= 4 is 12.4 Å². The van der Waals surface area contributed by atoms with Crippen LogP contribution in [0.25, 0.3) is 0 Å². The SMILES string of the molecule is CCC(C)[C@H](N)c1cc(F)ccc1OC.Cl. The number of ether oxygens (including phenoxy) is 1. The lowest BCUT2D eigenvalue weighted by molar-refractivity contribution is 0.386. The molecule has 0 radical (unpaired) electrons. The molecule has 0 aliphatic carbocycles. The van der Waals surface area contributed by atoms with Crippen molar-refractivity contribution in [1.82, 2.24) is 0 Å². The third kappa shape index (κ3) is 3.35. The third-order valence-corrected chi connectivity index (χ3v) is 2.81. The Morgan fingerprint density at radius 2 is 2.06 bits per heavy atom. The Bertz CT molecular complexity index is 333. The minimum Gasteiger partial charge on any atom is -0.496 e. The summed E-state index contributed by atoms with van der Waals surface area (Å²) >= 11 is 0. The second-order valence-electron chi connectivity index (χ2n) is 3.80. The first-order valence-corrected chi connectivity index (χ1v) is 5.19. The fourth-order valence-electron chi connectivity index (χ4n) is 1.53. The molecule has 92 valence electrons. The number of nitrogens with two attached hydrogens (primary N) is 1. The zero-order chi connectivity index (χ0) is 11.4. The van der Waals surface area contributed by atoms with Crippen molar-refractivity contribution in [2.75, 3.05) is 7.11 Å². The van der Waals surface area contributed by atoms with Crippen LogP contribution in [0.1, 0.15) is 31.9 Å². The van der Waals surface area contributed by atoms with Crippen LogP contribution in [0, 0.1) is 11.7 Å². The van der Waals surface area contributed by atoms with E-state index >= 15 is 0 Å². The normalized spacial score (nSPS) is 13.8. The van der Waals surface area contributed by atoms with Gasteiger partial charge in [-0.2, -0.15) is 0 Å². The van der Waals surface area contributed by atoms with E-state index in [1.807, 2.05) is 0 Å². The fourth-order valence-corrected chi connectivity index (χ4v) is 1.53. The van der Waals surface area contributed by atoms with Gasteiger partial charge in [0.1, 0.15) is 11.6 Å². The van der Waals surface area contributed by atoms with Crippen LogP contribution in [-0.4, -0.2) is 7.11 Å². The highest BCUT2D eigenvalue weighted by atomic mass is 35.5. The molecule has 0 aliphatic heterocycles. The quantitative estimate of drug-likeness (QED) is 0.886. The number of halogens is 2. The van der Waals surface area contributed by atoms with Crippen LogP contribution in [0.4, 0.5) is 4.39 Å². The van der Waals surface area contributed by atoms with E-state index in [0.717, 1.165) is 12.0 Å². The van der Waals surface area contributed by atoms with Crippen molar-refractivity contribution in [2.45, 2.75) is 26.3 Å². The van der Waals surface area contributed by atoms with Gasteiger partial charge >= 0.3 is 0 Å². The lowest BCUT2D eigenvalue weighted by atomic mass is 9.93. The van der Waals surface area contributed by atoms with Gasteiger partial charge in [-0.15, -0.1) is 12.4 Å². The maximum Gasteiger partial charge on any atom is 0.123 e. The first-order valence-electron chi connectivity index (χ1n) is 5.19. The predicted molar refractivity (Wildman–Crippen MR) is 66.6 cm³/mol. The molecule has 0 fully saturated rings. The fraction of sp³-hybridized carbons (Fsp3) is 0.500. The summed E-state index contributed by atoms with van der Waals surface area (Å²) in [4.78, 5) is 0. The van der Waals surface area contributed by atoms with Crippen molar-refractivity contribution in [3.63, 3.8) is 0 Å². The average molecular weight is 248 g/mol. The van der Waals surface area contributed by atoms with Gasteiger partial charge < -0.3 is 10.5 Å². The minimum atomic E-state index is -0.274. The van der Waals surface area contributed by atoms with Crippen LogP contribution in [0.3, 0.4) is 0 Å². The molecule has 0 aliphatic rings. The van der Waals surface area contributed by atoms with Gasteiger partial charge in [0.05, 0.1) is 7.11 Å². The maximum absolute atomic E-state index is 13.1. The molecule has 1 aromatic carbocycles. The van der Waals surface area contributed by atoms with E-state index in [-0.39, 0.29) is 24.3 Å². The van der Waals surface area contributed by atoms with E-state index in [9.17, 15) is 4.39 Å². The summed E-state index contributed by atoms with van der Waals surface area (Å²) in [5.74, 6) is 0.689. The second-order valence-corrected chi connectivity index (χ2v) is 3.80. The van der Waals surface area contributed by atoms with Crippen molar-refractivity contribution in [1.29, 1.82) is 0 Å². The minimum absolute atomic E-state index is 0. The van der Waals surface area contributed by atoms with Crippen LogP contribution >= 0.6 is 12.4 Å². The largest absolute Gasteiger partial charge is 0.496 e. The first kappa shape index (κ1) is 15.2. The Labute approximate surface area is 102 Å². The highest BCUT2D eigenvalue weighted by Crippen LogP contribution is 2.30. The second kappa shape index (κ2) is 6.71. The van der Waals surface area contributed by atoms with Gasteiger partial charge in [0.25, 0.3) is 0 Å². The summed E-state index contributed by atoms with van der Waals surface area (Å²) in [6, 6.07) is 4.27. The van der Waals surface area contributed by atoms with Crippen molar-refractivity contribution < 1.29 is 9.13 Å². The Hall–Kier alpha value is -0.800. The van der Waals surface area contributed by atoms with Crippen molar-refractivity contribution in [3.8, 4) is 5.75 Å². The van der Waals surface area contributed by atoms with Crippen molar-refractivity contribution in [2.24, 2.45) is 11.7 Å². The lowest BCUT2D eigenvalue weighted by Gasteiger charge is -2.20. The Balaban J connectivity index is 0.00000225.